The molecule has 3 nitrogen and oxygen atoms in total. The van der Waals surface area contributed by atoms with Gasteiger partial charge in [0.2, 0.25) is 5.91 Å². The van der Waals surface area contributed by atoms with E-state index in [-0.39, 0.29) is 16.9 Å². The number of amides is 1. The van der Waals surface area contributed by atoms with Gasteiger partial charge >= 0.3 is 0 Å². The van der Waals surface area contributed by atoms with E-state index in [1.165, 1.54) is 0 Å². The minimum atomic E-state index is 0.0364. The Morgan fingerprint density at radius 2 is 2.00 bits per heavy atom. The van der Waals surface area contributed by atoms with Crippen molar-refractivity contribution in [2.24, 2.45) is 11.3 Å². The smallest absolute Gasteiger partial charge is 0.220 e. The van der Waals surface area contributed by atoms with Crippen LogP contribution in [0.5, 0.6) is 0 Å². The molecule has 0 aromatic carbocycles. The molecule has 1 amide bonds. The van der Waals surface area contributed by atoms with Crippen LogP contribution in [0.2, 0.25) is 0 Å². The molecule has 0 bridgehead atoms. The first kappa shape index (κ1) is 9.97. The zero-order chi connectivity index (χ0) is 10.4. The summed E-state index contributed by atoms with van der Waals surface area (Å²) in [5, 5.41) is 3.13. The zero-order valence-corrected chi connectivity index (χ0v) is 9.22. The Morgan fingerprint density at radius 3 is 2.36 bits per heavy atom. The number of rotatable bonds is 3. The van der Waals surface area contributed by atoms with E-state index < -0.39 is 0 Å². The lowest BCUT2D eigenvalue weighted by atomic mass is 10.0. The third-order valence-corrected chi connectivity index (χ3v) is 3.76. The van der Waals surface area contributed by atoms with Gasteiger partial charge in [0.1, 0.15) is 0 Å². The van der Waals surface area contributed by atoms with Crippen LogP contribution >= 0.6 is 0 Å². The Labute approximate surface area is 85.2 Å². The fraction of sp³-hybridized carbons (Fsp3) is 0.909. The molecular weight excluding hydrogens is 178 g/mol. The third-order valence-electron chi connectivity index (χ3n) is 3.76. The Morgan fingerprint density at radius 1 is 1.43 bits per heavy atom. The maximum Gasteiger partial charge on any atom is 0.220 e. The summed E-state index contributed by atoms with van der Waals surface area (Å²) >= 11 is 0. The largest absolute Gasteiger partial charge is 0.381 e. The normalized spacial score (nSPS) is 34.8. The maximum atomic E-state index is 11.6. The first-order valence-electron chi connectivity index (χ1n) is 5.32. The molecule has 1 unspecified atom stereocenters. The predicted molar refractivity (Wildman–Crippen MR) is 53.9 cm³/mol. The van der Waals surface area contributed by atoms with Crippen molar-refractivity contribution in [3.8, 4) is 0 Å². The van der Waals surface area contributed by atoms with Gasteiger partial charge in [0.05, 0.1) is 13.2 Å². The summed E-state index contributed by atoms with van der Waals surface area (Å²) < 4.78 is 5.04. The lowest BCUT2D eigenvalue weighted by Gasteiger charge is -2.26. The van der Waals surface area contributed by atoms with Gasteiger partial charge in [-0.05, 0) is 18.8 Å². The van der Waals surface area contributed by atoms with Crippen LogP contribution in [0.25, 0.3) is 0 Å². The molecule has 0 radical (unpaired) electrons. The fourth-order valence-electron chi connectivity index (χ4n) is 2.08. The molecule has 14 heavy (non-hydrogen) atoms. The van der Waals surface area contributed by atoms with Crippen LogP contribution in [0.3, 0.4) is 0 Å². The molecule has 0 aromatic rings. The first-order valence-corrected chi connectivity index (χ1v) is 5.32. The minimum absolute atomic E-state index is 0.0364. The maximum absolute atomic E-state index is 11.6. The second-order valence-electron chi connectivity index (χ2n) is 5.55. The average Bonchev–Trinajstić information content (AvgIpc) is 2.41. The summed E-state index contributed by atoms with van der Waals surface area (Å²) in [4.78, 5) is 11.6. The highest BCUT2D eigenvalue weighted by atomic mass is 16.5. The van der Waals surface area contributed by atoms with Gasteiger partial charge in [-0.15, -0.1) is 0 Å². The Kier molecular flexibility index (Phi) is 2.11. The van der Waals surface area contributed by atoms with E-state index in [1.54, 1.807) is 0 Å². The molecule has 0 spiro atoms. The summed E-state index contributed by atoms with van der Waals surface area (Å²) in [5.74, 6) is 0.645. The lowest BCUT2D eigenvalue weighted by molar-refractivity contribution is -0.127. The highest BCUT2D eigenvalue weighted by Crippen LogP contribution is 2.55. The minimum Gasteiger partial charge on any atom is -0.381 e. The standard InChI is InChI=1S/C11H19NO2/c1-10(2)7-11(10,3)12-9(13)4-8-5-14-6-8/h8H,4-7H2,1-3H3,(H,12,13). The molecule has 1 aliphatic heterocycles. The van der Waals surface area contributed by atoms with E-state index in [0.717, 1.165) is 19.6 Å². The van der Waals surface area contributed by atoms with E-state index >= 15 is 0 Å². The van der Waals surface area contributed by atoms with Crippen molar-refractivity contribution in [1.82, 2.24) is 5.32 Å². The SMILES string of the molecule is CC1(C)CC1(C)NC(=O)CC1COC1. The second kappa shape index (κ2) is 2.96. The summed E-state index contributed by atoms with van der Waals surface area (Å²) in [6.45, 7) is 8.03. The number of ether oxygens (including phenoxy) is 1. The Hall–Kier alpha value is -0.570. The Balaban J connectivity index is 1.77. The van der Waals surface area contributed by atoms with Gasteiger partial charge in [-0.3, -0.25) is 4.79 Å². The summed E-state index contributed by atoms with van der Waals surface area (Å²) in [5.41, 5.74) is 0.313. The van der Waals surface area contributed by atoms with Crippen molar-refractivity contribution in [2.45, 2.75) is 39.2 Å². The van der Waals surface area contributed by atoms with Crippen molar-refractivity contribution < 1.29 is 9.53 Å². The van der Waals surface area contributed by atoms with Crippen LogP contribution in [0, 0.1) is 11.3 Å². The van der Waals surface area contributed by atoms with Gasteiger partial charge in [0, 0.05) is 17.9 Å². The van der Waals surface area contributed by atoms with Gasteiger partial charge in [-0.2, -0.15) is 0 Å². The molecule has 1 aliphatic carbocycles. The molecule has 0 aromatic heterocycles. The average molecular weight is 197 g/mol. The molecule has 2 rings (SSSR count). The molecule has 2 aliphatic rings. The van der Waals surface area contributed by atoms with E-state index in [0.29, 0.717) is 12.3 Å². The second-order valence-corrected chi connectivity index (χ2v) is 5.55. The molecule has 1 heterocycles. The van der Waals surface area contributed by atoms with Gasteiger partial charge < -0.3 is 10.1 Å². The molecule has 1 saturated carbocycles. The molecule has 1 atom stereocenters. The van der Waals surface area contributed by atoms with E-state index in [4.69, 9.17) is 4.74 Å². The van der Waals surface area contributed by atoms with Crippen LogP contribution in [0.15, 0.2) is 0 Å². The molecular formula is C11H19NO2. The molecule has 80 valence electrons. The molecule has 1 saturated heterocycles. The highest BCUT2D eigenvalue weighted by molar-refractivity contribution is 5.77. The summed E-state index contributed by atoms with van der Waals surface area (Å²) in [6.07, 6.45) is 1.72. The topological polar surface area (TPSA) is 38.3 Å². The molecule has 3 heteroatoms. The number of hydrogen-bond donors (Lipinski definition) is 1. The highest BCUT2D eigenvalue weighted by Gasteiger charge is 2.58. The van der Waals surface area contributed by atoms with Crippen molar-refractivity contribution in [1.29, 1.82) is 0 Å². The van der Waals surface area contributed by atoms with E-state index in [2.05, 4.69) is 26.1 Å². The monoisotopic (exact) mass is 197 g/mol. The third kappa shape index (κ3) is 1.65. The summed E-state index contributed by atoms with van der Waals surface area (Å²) in [7, 11) is 0. The van der Waals surface area contributed by atoms with E-state index in [1.807, 2.05) is 0 Å². The van der Waals surface area contributed by atoms with Crippen molar-refractivity contribution in [3.63, 3.8) is 0 Å². The summed E-state index contributed by atoms with van der Waals surface area (Å²) in [6, 6.07) is 0. The quantitative estimate of drug-likeness (QED) is 0.741. The lowest BCUT2D eigenvalue weighted by Crippen LogP contribution is -2.41. The van der Waals surface area contributed by atoms with Crippen LogP contribution in [0.1, 0.15) is 33.6 Å². The van der Waals surface area contributed by atoms with Crippen molar-refractivity contribution in [3.05, 3.63) is 0 Å². The number of nitrogens with one attached hydrogen (secondary N) is 1. The van der Waals surface area contributed by atoms with Crippen LogP contribution in [0.4, 0.5) is 0 Å². The van der Waals surface area contributed by atoms with Crippen LogP contribution in [-0.2, 0) is 9.53 Å². The van der Waals surface area contributed by atoms with Gasteiger partial charge in [0.25, 0.3) is 0 Å². The van der Waals surface area contributed by atoms with Gasteiger partial charge in [-0.1, -0.05) is 13.8 Å². The van der Waals surface area contributed by atoms with Crippen LogP contribution in [-0.4, -0.2) is 24.7 Å². The van der Waals surface area contributed by atoms with Crippen LogP contribution < -0.4 is 5.32 Å². The van der Waals surface area contributed by atoms with Gasteiger partial charge in [0.15, 0.2) is 0 Å². The fourth-order valence-corrected chi connectivity index (χ4v) is 2.08. The predicted octanol–water partition coefficient (Wildman–Crippen LogP) is 1.33. The molecule has 2 fully saturated rings. The number of hydrogen-bond acceptors (Lipinski definition) is 2. The molecule has 1 N–H and O–H groups in total. The first-order chi connectivity index (χ1) is 6.43. The zero-order valence-electron chi connectivity index (χ0n) is 9.22. The Bertz CT molecular complexity index is 258. The van der Waals surface area contributed by atoms with Crippen molar-refractivity contribution in [2.75, 3.05) is 13.2 Å². The van der Waals surface area contributed by atoms with Crippen molar-refractivity contribution >= 4 is 5.91 Å². The number of carbonyl (C=O) groups is 1. The number of carbonyl (C=O) groups excluding carboxylic acids is 1. The van der Waals surface area contributed by atoms with E-state index in [9.17, 15) is 4.79 Å². The van der Waals surface area contributed by atoms with Gasteiger partial charge in [-0.25, -0.2) is 0 Å².